The maximum Gasteiger partial charge on any atom is 0.338 e. The van der Waals surface area contributed by atoms with Gasteiger partial charge in [0.15, 0.2) is 0 Å². The number of halogens is 3. The van der Waals surface area contributed by atoms with Crippen molar-refractivity contribution in [3.05, 3.63) is 71.8 Å². The fourth-order valence-electron chi connectivity index (χ4n) is 2.00. The molecule has 0 bridgehead atoms. The first-order valence-electron chi connectivity index (χ1n) is 6.83. The van der Waals surface area contributed by atoms with Crippen LogP contribution in [0.25, 0.3) is 0 Å². The van der Waals surface area contributed by atoms with Crippen LogP contribution in [0, 0.1) is 0 Å². The number of rotatable bonds is 5. The second kappa shape index (κ2) is 7.87. The molecule has 0 amide bonds. The van der Waals surface area contributed by atoms with E-state index in [0.717, 1.165) is 5.56 Å². The van der Waals surface area contributed by atoms with E-state index < -0.39 is 15.9 Å². The summed E-state index contributed by atoms with van der Waals surface area (Å²) in [6, 6.07) is 18.4. The Morgan fingerprint density at radius 1 is 0.955 bits per heavy atom. The van der Waals surface area contributed by atoms with Crippen molar-refractivity contribution in [1.29, 1.82) is 0 Å². The lowest BCUT2D eigenvalue weighted by molar-refractivity contribution is 0.0291. The molecule has 116 valence electrons. The maximum atomic E-state index is 12.1. The molecule has 0 saturated heterocycles. The molecular weight excluding hydrogens is 343 g/mol. The van der Waals surface area contributed by atoms with Crippen LogP contribution >= 0.6 is 34.8 Å². The Morgan fingerprint density at radius 2 is 1.50 bits per heavy atom. The van der Waals surface area contributed by atoms with E-state index in [1.165, 1.54) is 0 Å². The largest absolute Gasteiger partial charge is 0.454 e. The van der Waals surface area contributed by atoms with E-state index in [-0.39, 0.29) is 0 Å². The van der Waals surface area contributed by atoms with Crippen molar-refractivity contribution in [3.63, 3.8) is 0 Å². The Balaban J connectivity index is 2.02. The van der Waals surface area contributed by atoms with Gasteiger partial charge in [0.25, 0.3) is 0 Å². The predicted octanol–water partition coefficient (Wildman–Crippen LogP) is 5.22. The first-order valence-corrected chi connectivity index (χ1v) is 7.97. The number of carbonyl (C=O) groups excluding carboxylic acids is 1. The van der Waals surface area contributed by atoms with Gasteiger partial charge >= 0.3 is 5.97 Å². The number of hydrogen-bond acceptors (Lipinski definition) is 2. The molecule has 22 heavy (non-hydrogen) atoms. The number of aryl methyl sites for hydroxylation is 1. The average molecular weight is 358 g/mol. The van der Waals surface area contributed by atoms with Gasteiger partial charge in [-0.15, -0.1) is 0 Å². The maximum absolute atomic E-state index is 12.1. The Hall–Kier alpha value is -1.22. The van der Waals surface area contributed by atoms with Crippen molar-refractivity contribution >= 4 is 40.8 Å². The second-order valence-corrected chi connectivity index (χ2v) is 7.19. The molecule has 2 aromatic rings. The molecule has 0 aliphatic heterocycles. The molecule has 5 heteroatoms. The van der Waals surface area contributed by atoms with E-state index in [4.69, 9.17) is 39.5 Å². The molecule has 0 fully saturated rings. The molecule has 0 N–H and O–H groups in total. The van der Waals surface area contributed by atoms with E-state index in [1.807, 2.05) is 36.4 Å². The minimum atomic E-state index is -1.67. The average Bonchev–Trinajstić information content (AvgIpc) is 2.52. The number of hydrogen-bond donors (Lipinski definition) is 0. The molecule has 0 heterocycles. The van der Waals surface area contributed by atoms with Crippen molar-refractivity contribution in [2.75, 3.05) is 0 Å². The summed E-state index contributed by atoms with van der Waals surface area (Å²) in [5.74, 6) is -0.495. The van der Waals surface area contributed by atoms with Gasteiger partial charge in [-0.1, -0.05) is 83.3 Å². The van der Waals surface area contributed by atoms with Crippen LogP contribution < -0.4 is 0 Å². The SMILES string of the molecule is O=C(OC(CCc1ccccc1)C(Cl)(Cl)Cl)c1ccccc1. The molecule has 0 spiro atoms. The molecule has 2 rings (SSSR count). The molecular formula is C17H15Cl3O2. The van der Waals surface area contributed by atoms with Gasteiger partial charge in [0.05, 0.1) is 5.56 Å². The highest BCUT2D eigenvalue weighted by Crippen LogP contribution is 2.35. The van der Waals surface area contributed by atoms with Gasteiger partial charge < -0.3 is 4.74 Å². The van der Waals surface area contributed by atoms with E-state index in [9.17, 15) is 4.79 Å². The lowest BCUT2D eigenvalue weighted by Gasteiger charge is -2.24. The van der Waals surface area contributed by atoms with E-state index in [1.54, 1.807) is 24.3 Å². The lowest BCUT2D eigenvalue weighted by atomic mass is 10.1. The fourth-order valence-corrected chi connectivity index (χ4v) is 2.46. The highest BCUT2D eigenvalue weighted by Gasteiger charge is 2.35. The van der Waals surface area contributed by atoms with Gasteiger partial charge in [-0.2, -0.15) is 0 Å². The van der Waals surface area contributed by atoms with Crippen LogP contribution in [0.15, 0.2) is 60.7 Å². The van der Waals surface area contributed by atoms with E-state index in [0.29, 0.717) is 18.4 Å². The van der Waals surface area contributed by atoms with Crippen LogP contribution in [0.2, 0.25) is 0 Å². The minimum Gasteiger partial charge on any atom is -0.454 e. The number of benzene rings is 2. The molecule has 2 aromatic carbocycles. The standard InChI is InChI=1S/C17H15Cl3O2/c18-17(19,20)15(12-11-13-7-3-1-4-8-13)22-16(21)14-9-5-2-6-10-14/h1-10,15H,11-12H2. The first-order chi connectivity index (χ1) is 10.5. The normalized spacial score (nSPS) is 12.7. The summed E-state index contributed by atoms with van der Waals surface area (Å²) in [7, 11) is 0. The van der Waals surface area contributed by atoms with Gasteiger partial charge in [-0.3, -0.25) is 0 Å². The third kappa shape index (κ3) is 5.20. The van der Waals surface area contributed by atoms with Gasteiger partial charge in [0.2, 0.25) is 3.79 Å². The second-order valence-electron chi connectivity index (χ2n) is 4.83. The smallest absolute Gasteiger partial charge is 0.338 e. The topological polar surface area (TPSA) is 26.3 Å². The van der Waals surface area contributed by atoms with Gasteiger partial charge in [-0.25, -0.2) is 4.79 Å². The van der Waals surface area contributed by atoms with Crippen LogP contribution in [0.5, 0.6) is 0 Å². The molecule has 0 saturated carbocycles. The number of alkyl halides is 3. The number of ether oxygens (including phenoxy) is 1. The monoisotopic (exact) mass is 356 g/mol. The first kappa shape index (κ1) is 17.1. The Bertz CT molecular complexity index is 594. The predicted molar refractivity (Wildman–Crippen MR) is 90.7 cm³/mol. The van der Waals surface area contributed by atoms with Gasteiger partial charge in [-0.05, 0) is 30.5 Å². The van der Waals surface area contributed by atoms with Crippen LogP contribution in [0.3, 0.4) is 0 Å². The Kier molecular flexibility index (Phi) is 6.13. The van der Waals surface area contributed by atoms with Crippen molar-refractivity contribution in [2.24, 2.45) is 0 Å². The van der Waals surface area contributed by atoms with Crippen molar-refractivity contribution in [3.8, 4) is 0 Å². The van der Waals surface area contributed by atoms with Gasteiger partial charge in [0.1, 0.15) is 6.10 Å². The summed E-state index contributed by atoms with van der Waals surface area (Å²) in [6.07, 6.45) is 0.269. The summed E-state index contributed by atoms with van der Waals surface area (Å²) in [5.41, 5.74) is 1.53. The highest BCUT2D eigenvalue weighted by molar-refractivity contribution is 6.68. The summed E-state index contributed by atoms with van der Waals surface area (Å²) < 4.78 is 3.72. The third-order valence-electron chi connectivity index (χ3n) is 3.16. The lowest BCUT2D eigenvalue weighted by Crippen LogP contribution is -2.32. The molecule has 0 aromatic heterocycles. The Labute approximate surface area is 144 Å². The van der Waals surface area contributed by atoms with Crippen LogP contribution in [-0.2, 0) is 11.2 Å². The molecule has 2 nitrogen and oxygen atoms in total. The zero-order valence-corrected chi connectivity index (χ0v) is 14.0. The zero-order valence-electron chi connectivity index (χ0n) is 11.7. The molecule has 0 radical (unpaired) electrons. The number of carbonyl (C=O) groups is 1. The van der Waals surface area contributed by atoms with E-state index in [2.05, 4.69) is 0 Å². The van der Waals surface area contributed by atoms with Crippen LogP contribution in [-0.4, -0.2) is 15.9 Å². The summed E-state index contributed by atoms with van der Waals surface area (Å²) in [5, 5.41) is 0. The summed E-state index contributed by atoms with van der Waals surface area (Å²) in [4.78, 5) is 12.1. The quantitative estimate of drug-likeness (QED) is 0.542. The summed E-state index contributed by atoms with van der Waals surface area (Å²) in [6.45, 7) is 0. The molecule has 0 aliphatic rings. The zero-order chi connectivity index (χ0) is 16.0. The van der Waals surface area contributed by atoms with E-state index >= 15 is 0 Å². The van der Waals surface area contributed by atoms with Crippen molar-refractivity contribution < 1.29 is 9.53 Å². The molecule has 1 unspecified atom stereocenters. The highest BCUT2D eigenvalue weighted by atomic mass is 35.6. The molecule has 0 aliphatic carbocycles. The minimum absolute atomic E-state index is 0.430. The third-order valence-corrected chi connectivity index (χ3v) is 3.89. The Morgan fingerprint density at radius 3 is 2.05 bits per heavy atom. The number of esters is 1. The van der Waals surface area contributed by atoms with Crippen molar-refractivity contribution in [1.82, 2.24) is 0 Å². The van der Waals surface area contributed by atoms with Gasteiger partial charge in [0, 0.05) is 0 Å². The van der Waals surface area contributed by atoms with Crippen LogP contribution in [0.1, 0.15) is 22.3 Å². The summed E-state index contributed by atoms with van der Waals surface area (Å²) >= 11 is 17.9. The van der Waals surface area contributed by atoms with Crippen LogP contribution in [0.4, 0.5) is 0 Å². The van der Waals surface area contributed by atoms with Crippen molar-refractivity contribution in [2.45, 2.75) is 22.7 Å². The molecule has 1 atom stereocenters. The fraction of sp³-hybridized carbons (Fsp3) is 0.235.